The first-order chi connectivity index (χ1) is 9.09. The van der Waals surface area contributed by atoms with E-state index < -0.39 is 0 Å². The molecule has 0 bridgehead atoms. The van der Waals surface area contributed by atoms with Crippen molar-refractivity contribution in [1.82, 2.24) is 10.6 Å². The highest BCUT2D eigenvalue weighted by atomic mass is 35.5. The van der Waals surface area contributed by atoms with Crippen LogP contribution in [0, 0.1) is 6.92 Å². The van der Waals surface area contributed by atoms with Gasteiger partial charge in [0.2, 0.25) is 5.91 Å². The van der Waals surface area contributed by atoms with Gasteiger partial charge in [0, 0.05) is 0 Å². The zero-order valence-corrected chi connectivity index (χ0v) is 13.3. The molecular formula is C16H25ClN2O. The lowest BCUT2D eigenvalue weighted by atomic mass is 9.92. The third-order valence-electron chi connectivity index (χ3n) is 4.28. The van der Waals surface area contributed by atoms with E-state index in [1.54, 1.807) is 0 Å². The molecule has 1 aromatic rings. The monoisotopic (exact) mass is 296 g/mol. The highest BCUT2D eigenvalue weighted by molar-refractivity contribution is 5.87. The van der Waals surface area contributed by atoms with Crippen LogP contribution in [0.4, 0.5) is 0 Å². The summed E-state index contributed by atoms with van der Waals surface area (Å²) >= 11 is 0. The van der Waals surface area contributed by atoms with E-state index in [0.717, 1.165) is 25.8 Å². The number of hydrogen-bond acceptors (Lipinski definition) is 2. The molecule has 112 valence electrons. The predicted octanol–water partition coefficient (Wildman–Crippen LogP) is 3.13. The molecule has 2 N–H and O–H groups in total. The molecule has 2 atom stereocenters. The predicted molar refractivity (Wildman–Crippen MR) is 85.2 cm³/mol. The van der Waals surface area contributed by atoms with Gasteiger partial charge in [-0.15, -0.1) is 12.4 Å². The Hall–Kier alpha value is -1.06. The van der Waals surface area contributed by atoms with Crippen LogP contribution in [-0.2, 0) is 4.79 Å². The second kappa shape index (κ2) is 7.09. The summed E-state index contributed by atoms with van der Waals surface area (Å²) in [5.74, 6) is 0.142. The molecule has 1 aliphatic heterocycles. The summed E-state index contributed by atoms with van der Waals surface area (Å²) in [6.07, 6.45) is 2.87. The Morgan fingerprint density at radius 2 is 2.15 bits per heavy atom. The fourth-order valence-electron chi connectivity index (χ4n) is 2.95. The van der Waals surface area contributed by atoms with Gasteiger partial charge in [0.05, 0.1) is 11.6 Å². The molecule has 0 spiro atoms. The van der Waals surface area contributed by atoms with E-state index in [1.807, 2.05) is 12.1 Å². The number of rotatable bonds is 4. The van der Waals surface area contributed by atoms with Gasteiger partial charge in [-0.1, -0.05) is 31.2 Å². The smallest absolute Gasteiger partial charge is 0.240 e. The van der Waals surface area contributed by atoms with Gasteiger partial charge < -0.3 is 10.6 Å². The van der Waals surface area contributed by atoms with Crippen LogP contribution in [-0.4, -0.2) is 18.0 Å². The minimum absolute atomic E-state index is 0. The zero-order valence-electron chi connectivity index (χ0n) is 12.5. The van der Waals surface area contributed by atoms with Crippen molar-refractivity contribution < 1.29 is 4.79 Å². The summed E-state index contributed by atoms with van der Waals surface area (Å²) in [6.45, 7) is 7.16. The van der Waals surface area contributed by atoms with Crippen LogP contribution >= 0.6 is 12.4 Å². The Labute approximate surface area is 127 Å². The first-order valence-corrected chi connectivity index (χ1v) is 7.20. The van der Waals surface area contributed by atoms with Gasteiger partial charge in [0.25, 0.3) is 0 Å². The van der Waals surface area contributed by atoms with Gasteiger partial charge in [-0.2, -0.15) is 0 Å². The Morgan fingerprint density at radius 3 is 2.70 bits per heavy atom. The lowest BCUT2D eigenvalue weighted by Gasteiger charge is -2.29. The molecular weight excluding hydrogens is 272 g/mol. The summed E-state index contributed by atoms with van der Waals surface area (Å²) in [7, 11) is 0. The highest BCUT2D eigenvalue weighted by Gasteiger charge is 2.39. The van der Waals surface area contributed by atoms with Crippen molar-refractivity contribution in [3.05, 3.63) is 35.4 Å². The average Bonchev–Trinajstić information content (AvgIpc) is 2.89. The van der Waals surface area contributed by atoms with E-state index in [9.17, 15) is 4.79 Å². The number of carbonyl (C=O) groups is 1. The summed E-state index contributed by atoms with van der Waals surface area (Å²) in [6, 6.07) is 8.27. The summed E-state index contributed by atoms with van der Waals surface area (Å²) in [5.41, 5.74) is 2.07. The molecule has 1 fully saturated rings. The van der Waals surface area contributed by atoms with Gasteiger partial charge in [0.15, 0.2) is 0 Å². The largest absolute Gasteiger partial charge is 0.348 e. The molecule has 1 amide bonds. The quantitative estimate of drug-likeness (QED) is 0.896. The molecule has 2 unspecified atom stereocenters. The van der Waals surface area contributed by atoms with Crippen LogP contribution in [0.3, 0.4) is 0 Å². The molecule has 3 nitrogen and oxygen atoms in total. The number of amides is 1. The van der Waals surface area contributed by atoms with Crippen molar-refractivity contribution in [2.75, 3.05) is 6.54 Å². The van der Waals surface area contributed by atoms with Gasteiger partial charge in [0.1, 0.15) is 0 Å². The maximum Gasteiger partial charge on any atom is 0.240 e. The van der Waals surface area contributed by atoms with E-state index in [1.165, 1.54) is 11.1 Å². The molecule has 1 aromatic carbocycles. The number of carbonyl (C=O) groups excluding carboxylic acids is 1. The topological polar surface area (TPSA) is 41.1 Å². The summed E-state index contributed by atoms with van der Waals surface area (Å²) < 4.78 is 0. The third kappa shape index (κ3) is 3.33. The minimum atomic E-state index is -0.350. The van der Waals surface area contributed by atoms with E-state index in [2.05, 4.69) is 43.5 Å². The Balaban J connectivity index is 0.00000200. The number of benzene rings is 1. The van der Waals surface area contributed by atoms with Crippen LogP contribution in [0.5, 0.6) is 0 Å². The summed E-state index contributed by atoms with van der Waals surface area (Å²) in [4.78, 5) is 12.5. The fourth-order valence-corrected chi connectivity index (χ4v) is 2.95. The van der Waals surface area contributed by atoms with E-state index in [4.69, 9.17) is 0 Å². The third-order valence-corrected chi connectivity index (χ3v) is 4.28. The van der Waals surface area contributed by atoms with E-state index in [0.29, 0.717) is 0 Å². The minimum Gasteiger partial charge on any atom is -0.348 e. The second-order valence-corrected chi connectivity index (χ2v) is 5.52. The van der Waals surface area contributed by atoms with Crippen molar-refractivity contribution in [3.63, 3.8) is 0 Å². The standard InChI is InChI=1S/C16H24N2O.ClH/c1-4-16(10-7-11-17-16)15(19)18-13(3)14-9-6-5-8-12(14)2;/h5-6,8-9,13,17H,4,7,10-11H2,1-3H3,(H,18,19);1H. The normalized spacial score (nSPS) is 22.9. The van der Waals surface area contributed by atoms with Gasteiger partial charge in [-0.25, -0.2) is 0 Å². The van der Waals surface area contributed by atoms with Gasteiger partial charge in [-0.05, 0) is 50.8 Å². The molecule has 0 saturated carbocycles. The molecule has 2 rings (SSSR count). The molecule has 1 aliphatic rings. The fraction of sp³-hybridized carbons (Fsp3) is 0.562. The van der Waals surface area contributed by atoms with Crippen molar-refractivity contribution in [2.45, 2.75) is 51.6 Å². The lowest BCUT2D eigenvalue weighted by Crippen LogP contribution is -2.53. The van der Waals surface area contributed by atoms with E-state index in [-0.39, 0.29) is 29.9 Å². The van der Waals surface area contributed by atoms with E-state index >= 15 is 0 Å². The second-order valence-electron chi connectivity index (χ2n) is 5.52. The SMILES string of the molecule is CCC1(C(=O)NC(C)c2ccccc2C)CCCN1.Cl. The van der Waals surface area contributed by atoms with Gasteiger partial charge >= 0.3 is 0 Å². The zero-order chi connectivity index (χ0) is 13.9. The molecule has 20 heavy (non-hydrogen) atoms. The van der Waals surface area contributed by atoms with Crippen molar-refractivity contribution in [3.8, 4) is 0 Å². The highest BCUT2D eigenvalue weighted by Crippen LogP contribution is 2.25. The first kappa shape index (κ1) is 17.0. The first-order valence-electron chi connectivity index (χ1n) is 7.20. The maximum absolute atomic E-state index is 12.5. The van der Waals surface area contributed by atoms with Crippen molar-refractivity contribution in [2.24, 2.45) is 0 Å². The Morgan fingerprint density at radius 1 is 1.45 bits per heavy atom. The molecule has 4 heteroatoms. The van der Waals surface area contributed by atoms with Crippen LogP contribution in [0.25, 0.3) is 0 Å². The number of aryl methyl sites for hydroxylation is 1. The number of halogens is 1. The molecule has 1 saturated heterocycles. The maximum atomic E-state index is 12.5. The molecule has 0 aromatic heterocycles. The number of nitrogens with one attached hydrogen (secondary N) is 2. The van der Waals surface area contributed by atoms with Crippen LogP contribution < -0.4 is 10.6 Å². The Kier molecular flexibility index (Phi) is 6.03. The van der Waals surface area contributed by atoms with Crippen molar-refractivity contribution in [1.29, 1.82) is 0 Å². The van der Waals surface area contributed by atoms with Crippen LogP contribution in [0.2, 0.25) is 0 Å². The molecule has 0 aliphatic carbocycles. The lowest BCUT2D eigenvalue weighted by molar-refractivity contribution is -0.128. The van der Waals surface area contributed by atoms with Crippen LogP contribution in [0.1, 0.15) is 50.3 Å². The molecule has 1 heterocycles. The van der Waals surface area contributed by atoms with Gasteiger partial charge in [-0.3, -0.25) is 4.79 Å². The molecule has 0 radical (unpaired) electrons. The van der Waals surface area contributed by atoms with Crippen molar-refractivity contribution >= 4 is 18.3 Å². The summed E-state index contributed by atoms with van der Waals surface area (Å²) in [5, 5.41) is 6.55. The Bertz CT molecular complexity index is 456. The van der Waals surface area contributed by atoms with Crippen LogP contribution in [0.15, 0.2) is 24.3 Å². The number of hydrogen-bond donors (Lipinski definition) is 2. The average molecular weight is 297 g/mol.